The Morgan fingerprint density at radius 3 is 2.83 bits per heavy atom. The van der Waals surface area contributed by atoms with Gasteiger partial charge in [0, 0.05) is 30.6 Å². The number of amides is 1. The van der Waals surface area contributed by atoms with Gasteiger partial charge in [0.15, 0.2) is 5.13 Å². The molecule has 29 heavy (non-hydrogen) atoms. The Morgan fingerprint density at radius 1 is 1.24 bits per heavy atom. The zero-order valence-electron chi connectivity index (χ0n) is 16.3. The number of hydrogen-bond donors (Lipinski definition) is 0. The number of benzene rings is 2. The van der Waals surface area contributed by atoms with Crippen LogP contribution in [0.2, 0.25) is 0 Å². The van der Waals surface area contributed by atoms with E-state index in [9.17, 15) is 13.6 Å². The number of carbonyl (C=O) groups is 1. The Bertz CT molecular complexity index is 1070. The maximum atomic E-state index is 14.3. The largest absolute Gasteiger partial charge is 0.365 e. The highest BCUT2D eigenvalue weighted by atomic mass is 32.1. The van der Waals surface area contributed by atoms with Crippen LogP contribution in [-0.4, -0.2) is 17.4 Å². The molecule has 4 nitrogen and oxygen atoms in total. The first-order chi connectivity index (χ1) is 13.9. The average molecular weight is 413 g/mol. The highest BCUT2D eigenvalue weighted by Gasteiger charge is 2.23. The normalized spacial score (nSPS) is 13.3. The molecule has 0 aliphatic carbocycles. The van der Waals surface area contributed by atoms with Crippen LogP contribution in [0.15, 0.2) is 41.8 Å². The second-order valence-corrected chi connectivity index (χ2v) is 8.07. The molecular formula is C22H21F2N3OS. The van der Waals surface area contributed by atoms with Crippen LogP contribution in [0.5, 0.6) is 0 Å². The Morgan fingerprint density at radius 2 is 2.07 bits per heavy atom. The molecule has 1 aromatic heterocycles. The number of fused-ring (bicyclic) bond motifs is 1. The van der Waals surface area contributed by atoms with E-state index in [2.05, 4.69) is 35.0 Å². The van der Waals surface area contributed by atoms with Gasteiger partial charge in [-0.3, -0.25) is 9.69 Å². The molecule has 1 amide bonds. The number of halogens is 2. The third kappa shape index (κ3) is 4.00. The minimum Gasteiger partial charge on any atom is -0.365 e. The summed E-state index contributed by atoms with van der Waals surface area (Å²) in [5.41, 5.74) is 4.61. The summed E-state index contributed by atoms with van der Waals surface area (Å²) in [5, 5.41) is 2.26. The van der Waals surface area contributed by atoms with Gasteiger partial charge in [0.2, 0.25) is 5.91 Å². The number of aryl methyl sites for hydroxylation is 2. The van der Waals surface area contributed by atoms with Gasteiger partial charge in [0.25, 0.3) is 0 Å². The summed E-state index contributed by atoms with van der Waals surface area (Å²) in [4.78, 5) is 20.3. The fraction of sp³-hybridized carbons (Fsp3) is 0.273. The average Bonchev–Trinajstić information content (AvgIpc) is 3.11. The fourth-order valence-electron chi connectivity index (χ4n) is 3.71. The molecule has 7 heteroatoms. The van der Waals surface area contributed by atoms with Crippen molar-refractivity contribution >= 4 is 33.8 Å². The lowest BCUT2D eigenvalue weighted by Gasteiger charge is -2.31. The smallest absolute Gasteiger partial charge is 0.230 e. The van der Waals surface area contributed by atoms with E-state index in [-0.39, 0.29) is 11.6 Å². The summed E-state index contributed by atoms with van der Waals surface area (Å²) < 4.78 is 27.5. The number of rotatable bonds is 4. The van der Waals surface area contributed by atoms with Crippen molar-refractivity contribution in [2.45, 2.75) is 33.2 Å². The molecule has 0 spiro atoms. The van der Waals surface area contributed by atoms with E-state index in [1.54, 1.807) is 0 Å². The number of nitrogens with zero attached hydrogens (tertiary/aromatic N) is 3. The molecule has 2 heterocycles. The van der Waals surface area contributed by atoms with Crippen LogP contribution in [0.1, 0.15) is 30.2 Å². The van der Waals surface area contributed by atoms with E-state index < -0.39 is 11.6 Å². The predicted molar refractivity (Wildman–Crippen MR) is 112 cm³/mol. The van der Waals surface area contributed by atoms with Crippen molar-refractivity contribution in [1.82, 2.24) is 4.98 Å². The van der Waals surface area contributed by atoms with E-state index in [0.717, 1.165) is 37.2 Å². The standard InChI is InChI=1S/C22H21F2N3OS/c1-14-5-7-20-16(10-14)4-3-9-26(20)12-18-13-29-22(25-18)27(15(2)28)21-8-6-17(23)11-19(21)24/h5-8,10-11,13H,3-4,9,12H2,1-2H3. The maximum Gasteiger partial charge on any atom is 0.230 e. The van der Waals surface area contributed by atoms with Crippen LogP contribution in [0.25, 0.3) is 0 Å². The third-order valence-corrected chi connectivity index (χ3v) is 5.87. The Kier molecular flexibility index (Phi) is 5.32. The van der Waals surface area contributed by atoms with Gasteiger partial charge in [0.05, 0.1) is 17.9 Å². The molecule has 0 unspecified atom stereocenters. The van der Waals surface area contributed by atoms with Gasteiger partial charge in [-0.15, -0.1) is 11.3 Å². The first-order valence-corrected chi connectivity index (χ1v) is 10.3. The molecule has 0 saturated carbocycles. The predicted octanol–water partition coefficient (Wildman–Crippen LogP) is 5.37. The summed E-state index contributed by atoms with van der Waals surface area (Å²) in [6.45, 7) is 4.99. The number of anilines is 3. The number of hydrogen-bond acceptors (Lipinski definition) is 4. The van der Waals surface area contributed by atoms with Gasteiger partial charge in [-0.1, -0.05) is 17.7 Å². The zero-order valence-corrected chi connectivity index (χ0v) is 17.1. The zero-order chi connectivity index (χ0) is 20.5. The van der Waals surface area contributed by atoms with Crippen molar-refractivity contribution in [3.8, 4) is 0 Å². The third-order valence-electron chi connectivity index (χ3n) is 5.00. The van der Waals surface area contributed by atoms with Crippen molar-refractivity contribution < 1.29 is 13.6 Å². The SMILES string of the molecule is CC(=O)N(c1nc(CN2CCCc3cc(C)ccc32)cs1)c1ccc(F)cc1F. The molecule has 150 valence electrons. The van der Waals surface area contributed by atoms with Gasteiger partial charge in [-0.05, 0) is 43.5 Å². The van der Waals surface area contributed by atoms with Crippen LogP contribution >= 0.6 is 11.3 Å². The molecule has 4 rings (SSSR count). The number of carbonyl (C=O) groups excluding carboxylic acids is 1. The monoisotopic (exact) mass is 413 g/mol. The minimum absolute atomic E-state index is 0.00130. The molecule has 0 saturated heterocycles. The molecule has 0 fully saturated rings. The molecule has 3 aromatic rings. The van der Waals surface area contributed by atoms with Crippen LogP contribution in [0.3, 0.4) is 0 Å². The lowest BCUT2D eigenvalue weighted by atomic mass is 9.99. The molecule has 0 N–H and O–H groups in total. The van der Waals surface area contributed by atoms with Gasteiger partial charge in [-0.25, -0.2) is 13.8 Å². The Hall–Kier alpha value is -2.80. The highest BCUT2D eigenvalue weighted by molar-refractivity contribution is 7.14. The van der Waals surface area contributed by atoms with Crippen LogP contribution < -0.4 is 9.80 Å². The van der Waals surface area contributed by atoms with Crippen molar-refractivity contribution in [2.75, 3.05) is 16.3 Å². The Labute approximate surface area is 172 Å². The van der Waals surface area contributed by atoms with E-state index in [4.69, 9.17) is 0 Å². The molecule has 0 atom stereocenters. The molecular weight excluding hydrogens is 392 g/mol. The lowest BCUT2D eigenvalue weighted by Crippen LogP contribution is -2.29. The topological polar surface area (TPSA) is 36.4 Å². The van der Waals surface area contributed by atoms with E-state index >= 15 is 0 Å². The lowest BCUT2D eigenvalue weighted by molar-refractivity contribution is -0.115. The summed E-state index contributed by atoms with van der Waals surface area (Å²) >= 11 is 1.27. The second kappa shape index (κ2) is 7.91. The Balaban J connectivity index is 1.60. The van der Waals surface area contributed by atoms with Crippen molar-refractivity contribution in [3.05, 3.63) is 70.2 Å². The van der Waals surface area contributed by atoms with Gasteiger partial charge < -0.3 is 4.90 Å². The van der Waals surface area contributed by atoms with Gasteiger partial charge in [0.1, 0.15) is 11.6 Å². The van der Waals surface area contributed by atoms with Crippen molar-refractivity contribution in [2.24, 2.45) is 0 Å². The molecule has 1 aliphatic rings. The van der Waals surface area contributed by atoms with Gasteiger partial charge in [-0.2, -0.15) is 0 Å². The van der Waals surface area contributed by atoms with E-state index in [1.807, 2.05) is 5.38 Å². The first-order valence-electron chi connectivity index (χ1n) is 9.47. The van der Waals surface area contributed by atoms with Crippen LogP contribution in [0.4, 0.5) is 25.3 Å². The summed E-state index contributed by atoms with van der Waals surface area (Å²) in [6.07, 6.45) is 2.14. The number of thiazole rings is 1. The minimum atomic E-state index is -0.794. The van der Waals surface area contributed by atoms with E-state index in [1.165, 1.54) is 46.0 Å². The first kappa shape index (κ1) is 19.5. The summed E-state index contributed by atoms with van der Waals surface area (Å²) in [5.74, 6) is -1.86. The molecule has 1 aliphatic heterocycles. The highest BCUT2D eigenvalue weighted by Crippen LogP contribution is 2.33. The van der Waals surface area contributed by atoms with E-state index in [0.29, 0.717) is 11.7 Å². The number of aromatic nitrogens is 1. The summed E-state index contributed by atoms with van der Waals surface area (Å²) in [6, 6.07) is 9.65. The fourth-order valence-corrected chi connectivity index (χ4v) is 4.58. The maximum absolute atomic E-state index is 14.3. The second-order valence-electron chi connectivity index (χ2n) is 7.23. The van der Waals surface area contributed by atoms with Crippen LogP contribution in [-0.2, 0) is 17.8 Å². The summed E-state index contributed by atoms with van der Waals surface area (Å²) in [7, 11) is 0. The van der Waals surface area contributed by atoms with Crippen molar-refractivity contribution in [3.63, 3.8) is 0 Å². The van der Waals surface area contributed by atoms with Crippen molar-refractivity contribution in [1.29, 1.82) is 0 Å². The van der Waals surface area contributed by atoms with Crippen LogP contribution in [0, 0.1) is 18.6 Å². The quantitative estimate of drug-likeness (QED) is 0.577. The molecule has 2 aromatic carbocycles. The molecule has 0 radical (unpaired) electrons. The molecule has 0 bridgehead atoms. The van der Waals surface area contributed by atoms with Gasteiger partial charge >= 0.3 is 0 Å².